The Kier molecular flexibility index (Phi) is 10.3. The van der Waals surface area contributed by atoms with E-state index in [0.717, 1.165) is 0 Å². The second-order valence-corrected chi connectivity index (χ2v) is 1.50. The number of hydrogen-bond donors (Lipinski definition) is 0. The van der Waals surface area contributed by atoms with Gasteiger partial charge in [-0.2, -0.15) is 0 Å². The minimum Gasteiger partial charge on any atom is -0.371 e. The van der Waals surface area contributed by atoms with Crippen LogP contribution in [0.15, 0.2) is 0 Å². The molecule has 0 aliphatic carbocycles. The molecule has 0 saturated heterocycles. The Balaban J connectivity index is 0. The van der Waals surface area contributed by atoms with Gasteiger partial charge in [-0.1, -0.05) is 0 Å². The van der Waals surface area contributed by atoms with Crippen LogP contribution in [-0.2, 0) is 31.2 Å². The zero-order valence-corrected chi connectivity index (χ0v) is 6.66. The predicted molar refractivity (Wildman–Crippen MR) is 26.8 cm³/mol. The summed E-state index contributed by atoms with van der Waals surface area (Å²) >= 11 is 0. The third-order valence-electron chi connectivity index (χ3n) is 0.476. The van der Waals surface area contributed by atoms with Gasteiger partial charge in [0.1, 0.15) is 6.61 Å². The van der Waals surface area contributed by atoms with E-state index < -0.39 is 0 Å². The number of carbonyl (C=O) groups excluding carboxylic acids is 1. The number of ether oxygens (including phenoxy) is 1. The molecule has 0 rings (SSSR count). The summed E-state index contributed by atoms with van der Waals surface area (Å²) in [7, 11) is 0. The maximum atomic E-state index is 9.46. The zero-order valence-electron chi connectivity index (χ0n) is 5.10. The topological polar surface area (TPSA) is 26.3 Å². The van der Waals surface area contributed by atoms with Crippen LogP contribution >= 0.6 is 0 Å². The molecule has 0 aliphatic heterocycles. The molecule has 0 N–H and O–H groups in total. The summed E-state index contributed by atoms with van der Waals surface area (Å²) < 4.78 is 4.77. The Bertz CT molecular complexity index is 54.4. The van der Waals surface area contributed by atoms with Gasteiger partial charge in [0.25, 0.3) is 0 Å². The molecule has 3 heteroatoms. The van der Waals surface area contributed by atoms with Crippen LogP contribution in [0.2, 0.25) is 0 Å². The van der Waals surface area contributed by atoms with E-state index in [0.29, 0.717) is 0 Å². The first kappa shape index (κ1) is 11.2. The minimum atomic E-state index is 0. The van der Waals surface area contributed by atoms with Gasteiger partial charge in [-0.15, -0.1) is 0 Å². The van der Waals surface area contributed by atoms with Gasteiger partial charge in [-0.05, 0) is 13.8 Å². The van der Waals surface area contributed by atoms with Crippen molar-refractivity contribution < 1.29 is 31.2 Å². The third kappa shape index (κ3) is 9.60. The van der Waals surface area contributed by atoms with Gasteiger partial charge in [0.05, 0.1) is 6.10 Å². The van der Waals surface area contributed by atoms with E-state index in [2.05, 4.69) is 0 Å². The Labute approximate surface area is 64.5 Å². The Morgan fingerprint density at radius 3 is 2.25 bits per heavy atom. The SMILES string of the molecule is CC(C)OC[C]=O.[Ti]. The summed E-state index contributed by atoms with van der Waals surface area (Å²) in [6, 6.07) is 0. The standard InChI is InChI=1S/C5H9O2.Ti/c1-5(2)7-4-3-6;/h5H,4H2,1-2H3;. The van der Waals surface area contributed by atoms with Gasteiger partial charge >= 0.3 is 0 Å². The summed E-state index contributed by atoms with van der Waals surface area (Å²) in [6.07, 6.45) is 1.77. The molecule has 0 amide bonds. The molecule has 0 fully saturated rings. The second kappa shape index (κ2) is 7.34. The first-order valence-electron chi connectivity index (χ1n) is 2.24. The molecule has 0 aromatic heterocycles. The van der Waals surface area contributed by atoms with E-state index >= 15 is 0 Å². The van der Waals surface area contributed by atoms with Gasteiger partial charge in [0.2, 0.25) is 6.29 Å². The van der Waals surface area contributed by atoms with Crippen LogP contribution < -0.4 is 0 Å². The van der Waals surface area contributed by atoms with E-state index in [1.54, 1.807) is 6.29 Å². The number of hydrogen-bond acceptors (Lipinski definition) is 2. The maximum Gasteiger partial charge on any atom is 0.226 e. The smallest absolute Gasteiger partial charge is 0.226 e. The van der Waals surface area contributed by atoms with Gasteiger partial charge in [-0.25, -0.2) is 0 Å². The maximum absolute atomic E-state index is 9.46. The van der Waals surface area contributed by atoms with Gasteiger partial charge in [0, 0.05) is 21.7 Å². The van der Waals surface area contributed by atoms with Crippen LogP contribution in [0.4, 0.5) is 0 Å². The van der Waals surface area contributed by atoms with Crippen LogP contribution in [0.3, 0.4) is 0 Å². The van der Waals surface area contributed by atoms with Crippen LogP contribution in [0.5, 0.6) is 0 Å². The van der Waals surface area contributed by atoms with Crippen molar-refractivity contribution >= 4 is 6.29 Å². The molecule has 0 saturated carbocycles. The van der Waals surface area contributed by atoms with E-state index in [4.69, 9.17) is 4.74 Å². The fraction of sp³-hybridized carbons (Fsp3) is 0.800. The average molecular weight is 149 g/mol. The largest absolute Gasteiger partial charge is 0.371 e. The first-order valence-corrected chi connectivity index (χ1v) is 2.24. The molecule has 1 radical (unpaired) electrons. The van der Waals surface area contributed by atoms with Crippen molar-refractivity contribution in [3.05, 3.63) is 0 Å². The van der Waals surface area contributed by atoms with E-state index in [-0.39, 0.29) is 34.4 Å². The van der Waals surface area contributed by atoms with Crippen molar-refractivity contribution in [2.24, 2.45) is 0 Å². The van der Waals surface area contributed by atoms with E-state index in [1.165, 1.54) is 0 Å². The third-order valence-corrected chi connectivity index (χ3v) is 0.476. The van der Waals surface area contributed by atoms with Crippen molar-refractivity contribution in [3.63, 3.8) is 0 Å². The molecule has 0 aliphatic rings. The molecule has 0 unspecified atom stereocenters. The van der Waals surface area contributed by atoms with Crippen LogP contribution in [-0.4, -0.2) is 19.0 Å². The van der Waals surface area contributed by atoms with E-state index in [1.807, 2.05) is 13.8 Å². The van der Waals surface area contributed by atoms with Gasteiger partial charge in [-0.3, -0.25) is 4.79 Å². The Morgan fingerprint density at radius 1 is 1.62 bits per heavy atom. The van der Waals surface area contributed by atoms with Crippen LogP contribution in [0.1, 0.15) is 13.8 Å². The Hall–Kier alpha value is 0.344. The zero-order chi connectivity index (χ0) is 5.70. The first-order chi connectivity index (χ1) is 3.27. The molecular weight excluding hydrogens is 140 g/mol. The van der Waals surface area contributed by atoms with Crippen molar-refractivity contribution in [2.45, 2.75) is 20.0 Å². The van der Waals surface area contributed by atoms with Gasteiger partial charge < -0.3 is 4.74 Å². The second-order valence-electron chi connectivity index (χ2n) is 1.50. The number of rotatable bonds is 3. The van der Waals surface area contributed by atoms with E-state index in [9.17, 15) is 4.79 Å². The van der Waals surface area contributed by atoms with Crippen molar-refractivity contribution in [3.8, 4) is 0 Å². The molecule has 2 nitrogen and oxygen atoms in total. The summed E-state index contributed by atoms with van der Waals surface area (Å²) in [4.78, 5) is 9.46. The summed E-state index contributed by atoms with van der Waals surface area (Å²) in [5.41, 5.74) is 0. The molecule has 0 aromatic rings. The predicted octanol–water partition coefficient (Wildman–Crippen LogP) is 0.519. The van der Waals surface area contributed by atoms with Crippen molar-refractivity contribution in [1.82, 2.24) is 0 Å². The fourth-order valence-electron chi connectivity index (χ4n) is 0.201. The molecule has 0 heterocycles. The fourth-order valence-corrected chi connectivity index (χ4v) is 0.201. The van der Waals surface area contributed by atoms with Crippen LogP contribution in [0, 0.1) is 0 Å². The normalized spacial score (nSPS) is 8.38. The minimum absolute atomic E-state index is 0. The molecular formula is C5H9O2Ti. The summed E-state index contributed by atoms with van der Waals surface area (Å²) in [6.45, 7) is 3.84. The molecule has 0 aromatic carbocycles. The van der Waals surface area contributed by atoms with Crippen molar-refractivity contribution in [2.75, 3.05) is 6.61 Å². The van der Waals surface area contributed by atoms with Crippen molar-refractivity contribution in [1.29, 1.82) is 0 Å². The molecule has 45 valence electrons. The monoisotopic (exact) mass is 149 g/mol. The summed E-state index contributed by atoms with van der Waals surface area (Å²) in [5, 5.41) is 0. The molecule has 0 bridgehead atoms. The molecule has 0 atom stereocenters. The summed E-state index contributed by atoms with van der Waals surface area (Å²) in [5.74, 6) is 0. The Morgan fingerprint density at radius 2 is 2.12 bits per heavy atom. The molecule has 8 heavy (non-hydrogen) atoms. The quantitative estimate of drug-likeness (QED) is 0.546. The van der Waals surface area contributed by atoms with Gasteiger partial charge in [0.15, 0.2) is 0 Å². The van der Waals surface area contributed by atoms with Crippen LogP contribution in [0.25, 0.3) is 0 Å². The average Bonchev–Trinajstić information content (AvgIpc) is 1.61. The molecule has 0 spiro atoms.